The Kier molecular flexibility index (Phi) is 4.20. The van der Waals surface area contributed by atoms with E-state index >= 15 is 0 Å². The Morgan fingerprint density at radius 3 is 3.00 bits per heavy atom. The van der Waals surface area contributed by atoms with Crippen molar-refractivity contribution in [3.05, 3.63) is 39.3 Å². The molecule has 0 spiro atoms. The predicted octanol–water partition coefficient (Wildman–Crippen LogP) is 3.03. The molecule has 17 heavy (non-hydrogen) atoms. The van der Waals surface area contributed by atoms with Crippen molar-refractivity contribution in [2.24, 2.45) is 7.05 Å². The number of hydrogen-bond donors (Lipinski definition) is 1. The molecule has 1 atom stereocenters. The minimum atomic E-state index is 0.343. The van der Waals surface area contributed by atoms with E-state index in [1.54, 1.807) is 11.3 Å². The van der Waals surface area contributed by atoms with E-state index in [-0.39, 0.29) is 0 Å². The molecule has 0 fully saturated rings. The van der Waals surface area contributed by atoms with Crippen molar-refractivity contribution in [2.75, 3.05) is 6.54 Å². The minimum absolute atomic E-state index is 0.343. The zero-order valence-electron chi connectivity index (χ0n) is 9.98. The van der Waals surface area contributed by atoms with Crippen LogP contribution in [0.3, 0.4) is 0 Å². The third-order valence-corrected chi connectivity index (χ3v) is 3.82. The summed E-state index contributed by atoms with van der Waals surface area (Å²) < 4.78 is 2.68. The van der Waals surface area contributed by atoms with Crippen LogP contribution in [0.1, 0.15) is 24.1 Å². The van der Waals surface area contributed by atoms with Gasteiger partial charge in [0.1, 0.15) is 0 Å². The molecule has 0 radical (unpaired) electrons. The molecule has 0 aliphatic heterocycles. The van der Waals surface area contributed by atoms with Crippen molar-refractivity contribution in [1.82, 2.24) is 15.1 Å². The quantitative estimate of drug-likeness (QED) is 0.904. The van der Waals surface area contributed by atoms with E-state index in [0.29, 0.717) is 6.04 Å². The van der Waals surface area contributed by atoms with Crippen LogP contribution in [-0.2, 0) is 13.5 Å². The lowest BCUT2D eigenvalue weighted by molar-refractivity contribution is 0.578. The van der Waals surface area contributed by atoms with Crippen LogP contribution in [-0.4, -0.2) is 16.3 Å². The van der Waals surface area contributed by atoms with Gasteiger partial charge in [0.15, 0.2) is 0 Å². The van der Waals surface area contributed by atoms with E-state index < -0.39 is 0 Å². The fourth-order valence-corrected chi connectivity index (χ4v) is 2.69. The number of aryl methyl sites for hydroxylation is 1. The van der Waals surface area contributed by atoms with Gasteiger partial charge in [-0.15, -0.1) is 11.3 Å². The first kappa shape index (κ1) is 12.6. The molecule has 2 rings (SSSR count). The summed E-state index contributed by atoms with van der Waals surface area (Å²) in [6, 6.07) is 2.36. The Labute approximate surface area is 110 Å². The second-order valence-corrected chi connectivity index (χ2v) is 5.67. The minimum Gasteiger partial charge on any atom is -0.310 e. The lowest BCUT2D eigenvalue weighted by Gasteiger charge is -2.11. The maximum atomic E-state index is 5.92. The highest BCUT2D eigenvalue weighted by Crippen LogP contribution is 2.24. The van der Waals surface area contributed by atoms with Crippen LogP contribution >= 0.6 is 22.9 Å². The molecule has 2 aromatic heterocycles. The summed E-state index contributed by atoms with van der Waals surface area (Å²) in [5.41, 5.74) is 2.52. The van der Waals surface area contributed by atoms with Crippen molar-refractivity contribution in [3.8, 4) is 0 Å². The molecule has 0 aliphatic carbocycles. The van der Waals surface area contributed by atoms with Gasteiger partial charge in [0.25, 0.3) is 0 Å². The summed E-state index contributed by atoms with van der Waals surface area (Å²) >= 11 is 7.49. The molecule has 5 heteroatoms. The summed E-state index contributed by atoms with van der Waals surface area (Å²) in [7, 11) is 1.94. The summed E-state index contributed by atoms with van der Waals surface area (Å²) in [5, 5.41) is 9.73. The average Bonchev–Trinajstić information content (AvgIpc) is 2.88. The molecule has 0 saturated heterocycles. The molecule has 1 unspecified atom stereocenters. The first-order valence-electron chi connectivity index (χ1n) is 5.60. The first-order valence-corrected chi connectivity index (χ1v) is 6.86. The van der Waals surface area contributed by atoms with Gasteiger partial charge in [0, 0.05) is 19.3 Å². The molecule has 0 aliphatic rings. The standard InChI is InChI=1S/C12H16ClN3S/c1-9(11-5-12(13)17-8-11)14-4-3-10-6-15-16(2)7-10/h5-9,14H,3-4H2,1-2H3. The van der Waals surface area contributed by atoms with Gasteiger partial charge in [-0.1, -0.05) is 11.6 Å². The number of aromatic nitrogens is 2. The molecule has 0 saturated carbocycles. The van der Waals surface area contributed by atoms with Crippen LogP contribution in [0.25, 0.3) is 0 Å². The zero-order valence-corrected chi connectivity index (χ0v) is 11.6. The summed E-state index contributed by atoms with van der Waals surface area (Å²) in [6.45, 7) is 3.10. The van der Waals surface area contributed by atoms with Gasteiger partial charge >= 0.3 is 0 Å². The van der Waals surface area contributed by atoms with E-state index in [2.05, 4.69) is 22.7 Å². The molecule has 3 nitrogen and oxygen atoms in total. The lowest BCUT2D eigenvalue weighted by Crippen LogP contribution is -2.20. The van der Waals surface area contributed by atoms with Gasteiger partial charge in [-0.2, -0.15) is 5.10 Å². The van der Waals surface area contributed by atoms with Gasteiger partial charge in [0.2, 0.25) is 0 Å². The zero-order chi connectivity index (χ0) is 12.3. The van der Waals surface area contributed by atoms with Crippen molar-refractivity contribution in [3.63, 3.8) is 0 Å². The van der Waals surface area contributed by atoms with Gasteiger partial charge < -0.3 is 5.32 Å². The van der Waals surface area contributed by atoms with Crippen molar-refractivity contribution in [1.29, 1.82) is 0 Å². The Morgan fingerprint density at radius 2 is 2.41 bits per heavy atom. The van der Waals surface area contributed by atoms with Crippen LogP contribution in [0.15, 0.2) is 23.8 Å². The third kappa shape index (κ3) is 3.56. The van der Waals surface area contributed by atoms with Crippen LogP contribution in [0, 0.1) is 0 Å². The number of thiophene rings is 1. The highest BCUT2D eigenvalue weighted by molar-refractivity contribution is 7.14. The average molecular weight is 270 g/mol. The monoisotopic (exact) mass is 269 g/mol. The Hall–Kier alpha value is -0.840. The lowest BCUT2D eigenvalue weighted by atomic mass is 10.1. The number of hydrogen-bond acceptors (Lipinski definition) is 3. The highest BCUT2D eigenvalue weighted by atomic mass is 35.5. The van der Waals surface area contributed by atoms with Gasteiger partial charge in [0.05, 0.1) is 10.5 Å². The van der Waals surface area contributed by atoms with Crippen LogP contribution in [0.2, 0.25) is 4.34 Å². The smallest absolute Gasteiger partial charge is 0.0931 e. The van der Waals surface area contributed by atoms with Crippen molar-refractivity contribution >= 4 is 22.9 Å². The highest BCUT2D eigenvalue weighted by Gasteiger charge is 2.06. The van der Waals surface area contributed by atoms with Crippen LogP contribution in [0.4, 0.5) is 0 Å². The normalized spacial score (nSPS) is 12.9. The molecular weight excluding hydrogens is 254 g/mol. The summed E-state index contributed by atoms with van der Waals surface area (Å²) in [5.74, 6) is 0. The van der Waals surface area contributed by atoms with E-state index in [0.717, 1.165) is 17.3 Å². The number of nitrogens with zero attached hydrogens (tertiary/aromatic N) is 2. The molecule has 0 amide bonds. The molecule has 0 aromatic carbocycles. The number of nitrogens with one attached hydrogen (secondary N) is 1. The van der Waals surface area contributed by atoms with Gasteiger partial charge in [-0.3, -0.25) is 4.68 Å². The Morgan fingerprint density at radius 1 is 1.59 bits per heavy atom. The second kappa shape index (κ2) is 5.67. The van der Waals surface area contributed by atoms with Gasteiger partial charge in [-0.25, -0.2) is 0 Å². The van der Waals surface area contributed by atoms with E-state index in [4.69, 9.17) is 11.6 Å². The van der Waals surface area contributed by atoms with Crippen molar-refractivity contribution < 1.29 is 0 Å². The first-order chi connectivity index (χ1) is 8.15. The number of rotatable bonds is 5. The fourth-order valence-electron chi connectivity index (χ4n) is 1.70. The van der Waals surface area contributed by atoms with E-state index in [1.807, 2.05) is 30.2 Å². The largest absolute Gasteiger partial charge is 0.310 e. The van der Waals surface area contributed by atoms with Crippen LogP contribution in [0.5, 0.6) is 0 Å². The second-order valence-electron chi connectivity index (χ2n) is 4.13. The molecule has 1 N–H and O–H groups in total. The predicted molar refractivity (Wildman–Crippen MR) is 72.7 cm³/mol. The maximum Gasteiger partial charge on any atom is 0.0931 e. The van der Waals surface area contributed by atoms with Crippen LogP contribution < -0.4 is 5.32 Å². The number of halogens is 1. The fraction of sp³-hybridized carbons (Fsp3) is 0.417. The topological polar surface area (TPSA) is 29.9 Å². The van der Waals surface area contributed by atoms with Gasteiger partial charge in [-0.05, 0) is 42.5 Å². The molecular formula is C12H16ClN3S. The third-order valence-electron chi connectivity index (χ3n) is 2.71. The van der Waals surface area contributed by atoms with E-state index in [9.17, 15) is 0 Å². The molecule has 0 bridgehead atoms. The molecule has 2 aromatic rings. The Balaban J connectivity index is 1.78. The maximum absolute atomic E-state index is 5.92. The van der Waals surface area contributed by atoms with E-state index in [1.165, 1.54) is 11.1 Å². The molecule has 92 valence electrons. The summed E-state index contributed by atoms with van der Waals surface area (Å²) in [4.78, 5) is 0. The molecule has 2 heterocycles. The summed E-state index contributed by atoms with van der Waals surface area (Å²) in [6.07, 6.45) is 4.96. The SMILES string of the molecule is CC(NCCc1cnn(C)c1)c1csc(Cl)c1. The Bertz CT molecular complexity index is 478. The van der Waals surface area contributed by atoms with Crippen molar-refractivity contribution in [2.45, 2.75) is 19.4 Å².